The lowest BCUT2D eigenvalue weighted by Gasteiger charge is -2.13. The first-order valence-electron chi connectivity index (χ1n) is 6.49. The maximum Gasteiger partial charge on any atom is 0.237 e. The Morgan fingerprint density at radius 3 is 2.48 bits per heavy atom. The molecule has 0 aliphatic heterocycles. The monoisotopic (exact) mass is 390 g/mol. The van der Waals surface area contributed by atoms with E-state index in [0.29, 0.717) is 31.7 Å². The van der Waals surface area contributed by atoms with Crippen LogP contribution in [-0.4, -0.2) is 21.1 Å². The number of rotatable bonds is 4. The predicted molar refractivity (Wildman–Crippen MR) is 96.6 cm³/mol. The smallest absolute Gasteiger partial charge is 0.237 e. The fourth-order valence-electron chi connectivity index (χ4n) is 1.68. The van der Waals surface area contributed by atoms with Crippen molar-refractivity contribution in [3.8, 4) is 0 Å². The molecule has 0 fully saturated rings. The molecule has 2 rings (SSSR count). The third kappa shape index (κ3) is 4.88. The Labute approximate surface area is 152 Å². The van der Waals surface area contributed by atoms with Crippen LogP contribution in [0.3, 0.4) is 0 Å². The Morgan fingerprint density at radius 2 is 1.83 bits per heavy atom. The molecule has 1 aromatic carbocycles. The maximum absolute atomic E-state index is 12.3. The molecule has 0 aliphatic carbocycles. The minimum Gasteiger partial charge on any atom is -0.384 e. The number of carbonyl (C=O) groups is 1. The highest BCUT2D eigenvalue weighted by Crippen LogP contribution is 2.33. The number of amides is 1. The molecule has 3 N–H and O–H groups in total. The number of hydrogen-bond donors (Lipinski definition) is 2. The second-order valence-electron chi connectivity index (χ2n) is 4.71. The normalized spacial score (nSPS) is 12.0. The van der Waals surface area contributed by atoms with E-state index in [0.717, 1.165) is 5.69 Å². The van der Waals surface area contributed by atoms with Crippen LogP contribution in [0.25, 0.3) is 0 Å². The van der Waals surface area contributed by atoms with Gasteiger partial charge in [0.25, 0.3) is 0 Å². The molecule has 0 aliphatic rings. The summed E-state index contributed by atoms with van der Waals surface area (Å²) in [7, 11) is 0. The Hall–Kier alpha value is -1.21. The lowest BCUT2D eigenvalue weighted by molar-refractivity contribution is -0.115. The van der Waals surface area contributed by atoms with E-state index in [1.54, 1.807) is 13.0 Å². The van der Waals surface area contributed by atoms with Gasteiger partial charge in [0, 0.05) is 11.8 Å². The van der Waals surface area contributed by atoms with Crippen LogP contribution < -0.4 is 11.1 Å². The van der Waals surface area contributed by atoms with Gasteiger partial charge in [-0.1, -0.05) is 46.6 Å². The first-order chi connectivity index (χ1) is 10.8. The third-order valence-corrected chi connectivity index (χ3v) is 4.77. The van der Waals surface area contributed by atoms with Crippen LogP contribution >= 0.6 is 46.6 Å². The van der Waals surface area contributed by atoms with Gasteiger partial charge >= 0.3 is 0 Å². The van der Waals surface area contributed by atoms with Gasteiger partial charge in [0.15, 0.2) is 5.16 Å². The van der Waals surface area contributed by atoms with E-state index in [2.05, 4.69) is 15.3 Å². The van der Waals surface area contributed by atoms with Crippen molar-refractivity contribution < 1.29 is 4.79 Å². The lowest BCUT2D eigenvalue weighted by atomic mass is 10.3. The summed E-state index contributed by atoms with van der Waals surface area (Å²) in [5.41, 5.74) is 6.80. The van der Waals surface area contributed by atoms with E-state index in [-0.39, 0.29) is 5.91 Å². The topological polar surface area (TPSA) is 80.9 Å². The van der Waals surface area contributed by atoms with E-state index in [1.807, 2.05) is 6.92 Å². The van der Waals surface area contributed by atoms with Crippen molar-refractivity contribution in [2.45, 2.75) is 24.3 Å². The van der Waals surface area contributed by atoms with E-state index in [4.69, 9.17) is 40.5 Å². The zero-order valence-electron chi connectivity index (χ0n) is 12.2. The molecule has 122 valence electrons. The van der Waals surface area contributed by atoms with Crippen LogP contribution in [0.15, 0.2) is 23.4 Å². The maximum atomic E-state index is 12.3. The molecule has 1 amide bonds. The number of carbonyl (C=O) groups excluding carboxylic acids is 1. The summed E-state index contributed by atoms with van der Waals surface area (Å²) in [6.45, 7) is 3.54. The number of anilines is 2. The van der Waals surface area contributed by atoms with Crippen molar-refractivity contribution in [3.63, 3.8) is 0 Å². The summed E-state index contributed by atoms with van der Waals surface area (Å²) in [4.78, 5) is 20.6. The molecular weight excluding hydrogens is 379 g/mol. The average Bonchev–Trinajstić information content (AvgIpc) is 2.43. The molecule has 9 heteroatoms. The van der Waals surface area contributed by atoms with Gasteiger partial charge in [-0.2, -0.15) is 0 Å². The molecular formula is C14H13Cl3N4OS. The van der Waals surface area contributed by atoms with Crippen molar-refractivity contribution in [2.24, 2.45) is 0 Å². The molecule has 5 nitrogen and oxygen atoms in total. The number of thioether (sulfide) groups is 1. The van der Waals surface area contributed by atoms with E-state index >= 15 is 0 Å². The van der Waals surface area contributed by atoms with Gasteiger partial charge < -0.3 is 11.1 Å². The number of hydrogen-bond acceptors (Lipinski definition) is 5. The number of nitrogens with two attached hydrogens (primary N) is 1. The van der Waals surface area contributed by atoms with Gasteiger partial charge in [-0.3, -0.25) is 4.79 Å². The highest BCUT2D eigenvalue weighted by molar-refractivity contribution is 8.00. The van der Waals surface area contributed by atoms with E-state index in [1.165, 1.54) is 23.9 Å². The highest BCUT2D eigenvalue weighted by atomic mass is 35.5. The number of nitrogen functional groups attached to an aromatic ring is 1. The van der Waals surface area contributed by atoms with Gasteiger partial charge in [0.1, 0.15) is 5.82 Å². The van der Waals surface area contributed by atoms with Crippen LogP contribution in [0, 0.1) is 6.92 Å². The fraction of sp³-hybridized carbons (Fsp3) is 0.214. The number of benzene rings is 1. The Bertz CT molecular complexity index is 737. The minimum atomic E-state index is -0.457. The van der Waals surface area contributed by atoms with Gasteiger partial charge in [-0.15, -0.1) is 0 Å². The third-order valence-electron chi connectivity index (χ3n) is 2.77. The minimum absolute atomic E-state index is 0.265. The summed E-state index contributed by atoms with van der Waals surface area (Å²) in [5, 5.41) is 3.62. The van der Waals surface area contributed by atoms with Crippen molar-refractivity contribution in [3.05, 3.63) is 39.0 Å². The summed E-state index contributed by atoms with van der Waals surface area (Å²) < 4.78 is 0. The lowest BCUT2D eigenvalue weighted by Crippen LogP contribution is -2.23. The zero-order valence-corrected chi connectivity index (χ0v) is 15.3. The summed E-state index contributed by atoms with van der Waals surface area (Å²) in [5.74, 6) is 0.0964. The molecule has 1 aromatic heterocycles. The molecule has 2 aromatic rings. The zero-order chi connectivity index (χ0) is 17.1. The van der Waals surface area contributed by atoms with Gasteiger partial charge in [0.2, 0.25) is 5.91 Å². The van der Waals surface area contributed by atoms with Crippen LogP contribution in [0.5, 0.6) is 0 Å². The summed E-state index contributed by atoms with van der Waals surface area (Å²) in [6, 6.07) is 4.64. The number of aromatic nitrogens is 2. The van der Waals surface area contributed by atoms with Crippen molar-refractivity contribution >= 4 is 64.0 Å². The Kier molecular flexibility index (Phi) is 5.97. The number of nitrogens with one attached hydrogen (secondary N) is 1. The molecule has 1 unspecified atom stereocenters. The van der Waals surface area contributed by atoms with Crippen LogP contribution in [0.4, 0.5) is 11.5 Å². The molecule has 0 saturated heterocycles. The average molecular weight is 392 g/mol. The van der Waals surface area contributed by atoms with Crippen molar-refractivity contribution in [1.29, 1.82) is 0 Å². The predicted octanol–water partition coefficient (Wildman–Crippen LogP) is 4.45. The Morgan fingerprint density at radius 1 is 1.17 bits per heavy atom. The summed E-state index contributed by atoms with van der Waals surface area (Å²) in [6.07, 6.45) is 0. The van der Waals surface area contributed by atoms with Crippen LogP contribution in [0.2, 0.25) is 15.1 Å². The molecule has 0 bridgehead atoms. The molecule has 0 spiro atoms. The number of nitrogens with zero attached hydrogens (tertiary/aromatic N) is 2. The molecule has 0 saturated carbocycles. The number of halogens is 3. The first kappa shape index (κ1) is 18.1. The number of aryl methyl sites for hydroxylation is 1. The quantitative estimate of drug-likeness (QED) is 0.457. The fourth-order valence-corrected chi connectivity index (χ4v) is 3.11. The van der Waals surface area contributed by atoms with Gasteiger partial charge in [-0.25, -0.2) is 9.97 Å². The second kappa shape index (κ2) is 7.57. The summed E-state index contributed by atoms with van der Waals surface area (Å²) >= 11 is 19.0. The standard InChI is InChI=1S/C14H13Cl3N4OS/c1-6-3-12(18)21-14(19-6)23-7(2)13(22)20-11-5-9(16)8(15)4-10(11)17/h3-5,7H,1-2H3,(H,20,22)(H2,18,19,21). The SMILES string of the molecule is Cc1cc(N)nc(SC(C)C(=O)Nc2cc(Cl)c(Cl)cc2Cl)n1. The molecule has 1 heterocycles. The van der Waals surface area contributed by atoms with Crippen molar-refractivity contribution in [1.82, 2.24) is 9.97 Å². The van der Waals surface area contributed by atoms with Gasteiger partial charge in [0.05, 0.1) is 26.0 Å². The van der Waals surface area contributed by atoms with Crippen LogP contribution in [-0.2, 0) is 4.79 Å². The molecule has 23 heavy (non-hydrogen) atoms. The largest absolute Gasteiger partial charge is 0.384 e. The van der Waals surface area contributed by atoms with Crippen molar-refractivity contribution in [2.75, 3.05) is 11.1 Å². The van der Waals surface area contributed by atoms with E-state index < -0.39 is 5.25 Å². The van der Waals surface area contributed by atoms with Crippen LogP contribution in [0.1, 0.15) is 12.6 Å². The highest BCUT2D eigenvalue weighted by Gasteiger charge is 2.18. The molecule has 1 atom stereocenters. The van der Waals surface area contributed by atoms with E-state index in [9.17, 15) is 4.79 Å². The molecule has 0 radical (unpaired) electrons. The Balaban J connectivity index is 2.09. The first-order valence-corrected chi connectivity index (χ1v) is 8.51. The van der Waals surface area contributed by atoms with Gasteiger partial charge in [-0.05, 0) is 26.0 Å². The second-order valence-corrected chi connectivity index (χ2v) is 7.24.